The molecule has 22 heavy (non-hydrogen) atoms. The monoisotopic (exact) mass is 314 g/mol. The van der Waals surface area contributed by atoms with Crippen molar-refractivity contribution in [1.29, 1.82) is 0 Å². The Labute approximate surface area is 123 Å². The number of carboxylic acids is 1. The van der Waals surface area contributed by atoms with Crippen molar-refractivity contribution in [3.05, 3.63) is 47.2 Å². The fraction of sp³-hybridized carbons (Fsp3) is 0.286. The van der Waals surface area contributed by atoms with Gasteiger partial charge < -0.3 is 9.84 Å². The summed E-state index contributed by atoms with van der Waals surface area (Å²) >= 11 is 0. The Kier molecular flexibility index (Phi) is 4.39. The highest BCUT2D eigenvalue weighted by Crippen LogP contribution is 2.29. The van der Waals surface area contributed by atoms with Crippen molar-refractivity contribution in [3.8, 4) is 5.88 Å². The third-order valence-electron chi connectivity index (χ3n) is 3.01. The smallest absolute Gasteiger partial charge is 0.416 e. The van der Waals surface area contributed by atoms with Crippen LogP contribution in [-0.4, -0.2) is 28.0 Å². The lowest BCUT2D eigenvalue weighted by Crippen LogP contribution is -2.08. The fourth-order valence-electron chi connectivity index (χ4n) is 2.02. The van der Waals surface area contributed by atoms with Crippen molar-refractivity contribution in [3.63, 3.8) is 0 Å². The Morgan fingerprint density at radius 1 is 1.32 bits per heavy atom. The van der Waals surface area contributed by atoms with E-state index >= 15 is 0 Å². The van der Waals surface area contributed by atoms with Gasteiger partial charge in [-0.15, -0.1) is 0 Å². The average molecular weight is 314 g/mol. The minimum atomic E-state index is -4.38. The van der Waals surface area contributed by atoms with E-state index in [1.54, 1.807) is 0 Å². The van der Waals surface area contributed by atoms with E-state index in [0.29, 0.717) is 11.1 Å². The molecule has 0 saturated heterocycles. The zero-order chi connectivity index (χ0) is 16.3. The van der Waals surface area contributed by atoms with E-state index in [9.17, 15) is 18.0 Å². The summed E-state index contributed by atoms with van der Waals surface area (Å²) in [5, 5.41) is 12.8. The first kappa shape index (κ1) is 15.9. The highest BCUT2D eigenvalue weighted by molar-refractivity contribution is 5.70. The molecule has 8 heteroatoms. The molecular formula is C14H13F3N2O3. The minimum absolute atomic E-state index is 0.181. The van der Waals surface area contributed by atoms with E-state index in [1.165, 1.54) is 30.1 Å². The highest BCUT2D eigenvalue weighted by atomic mass is 19.4. The summed E-state index contributed by atoms with van der Waals surface area (Å²) in [6, 6.07) is 4.68. The molecule has 0 saturated carbocycles. The molecule has 0 spiro atoms. The minimum Gasteiger partial charge on any atom is -0.481 e. The van der Waals surface area contributed by atoms with E-state index < -0.39 is 17.7 Å². The summed E-state index contributed by atoms with van der Waals surface area (Å²) in [5.41, 5.74) is 0.272. The van der Waals surface area contributed by atoms with E-state index in [0.717, 1.165) is 12.1 Å². The molecule has 1 N–H and O–H groups in total. The number of nitrogens with zero attached hydrogens (tertiary/aromatic N) is 2. The van der Waals surface area contributed by atoms with Crippen LogP contribution < -0.4 is 4.74 Å². The summed E-state index contributed by atoms with van der Waals surface area (Å²) in [4.78, 5) is 10.7. The second-order valence-corrected chi connectivity index (χ2v) is 4.60. The predicted octanol–water partition coefficient (Wildman–Crippen LogP) is 2.59. The van der Waals surface area contributed by atoms with Crippen molar-refractivity contribution < 1.29 is 27.8 Å². The Hall–Kier alpha value is -2.51. The van der Waals surface area contributed by atoms with Crippen LogP contribution in [0, 0.1) is 0 Å². The molecule has 2 rings (SSSR count). The lowest BCUT2D eigenvalue weighted by Gasteiger charge is -2.10. The van der Waals surface area contributed by atoms with Gasteiger partial charge in [0.05, 0.1) is 31.8 Å². The normalized spacial score (nSPS) is 11.5. The van der Waals surface area contributed by atoms with E-state index in [1.807, 2.05) is 0 Å². The second-order valence-electron chi connectivity index (χ2n) is 4.60. The number of hydrogen-bond donors (Lipinski definition) is 1. The first-order chi connectivity index (χ1) is 10.3. The second kappa shape index (κ2) is 6.08. The molecule has 0 fully saturated rings. The molecule has 0 atom stereocenters. The van der Waals surface area contributed by atoms with Gasteiger partial charge in [0, 0.05) is 5.56 Å². The van der Waals surface area contributed by atoms with Crippen LogP contribution in [0.25, 0.3) is 0 Å². The molecule has 0 unspecified atom stereocenters. The van der Waals surface area contributed by atoms with Crippen molar-refractivity contribution in [2.24, 2.45) is 0 Å². The molecule has 0 aliphatic heterocycles. The molecule has 1 heterocycles. The molecular weight excluding hydrogens is 301 g/mol. The molecule has 118 valence electrons. The van der Waals surface area contributed by atoms with E-state index in [2.05, 4.69) is 5.10 Å². The zero-order valence-electron chi connectivity index (χ0n) is 11.6. The molecule has 0 aliphatic rings. The molecule has 0 bridgehead atoms. The number of benzene rings is 1. The number of carbonyl (C=O) groups is 1. The van der Waals surface area contributed by atoms with Crippen molar-refractivity contribution in [1.82, 2.24) is 9.78 Å². The number of alkyl halides is 3. The number of carboxylic acid groups (broad SMARTS) is 1. The largest absolute Gasteiger partial charge is 0.481 e. The first-order valence-electron chi connectivity index (χ1n) is 6.28. The number of ether oxygens (including phenoxy) is 1. The number of aliphatic carboxylic acids is 1. The molecule has 2 aromatic rings. The van der Waals surface area contributed by atoms with Gasteiger partial charge in [-0.3, -0.25) is 4.79 Å². The standard InChI is InChI=1S/C14H13F3N2O3/c1-22-13-10(6-12(20)21)7-18-19(13)8-9-2-4-11(5-3-9)14(15,16)17/h2-5,7H,6,8H2,1H3,(H,20,21). The summed E-state index contributed by atoms with van der Waals surface area (Å²) in [7, 11) is 1.38. The van der Waals surface area contributed by atoms with Crippen LogP contribution >= 0.6 is 0 Å². The SMILES string of the molecule is COc1c(CC(=O)O)cnn1Cc1ccc(C(F)(F)F)cc1. The lowest BCUT2D eigenvalue weighted by molar-refractivity contribution is -0.138. The van der Waals surface area contributed by atoms with Crippen LogP contribution in [-0.2, 0) is 23.9 Å². The maximum atomic E-state index is 12.5. The van der Waals surface area contributed by atoms with Crippen LogP contribution in [0.5, 0.6) is 5.88 Å². The first-order valence-corrected chi connectivity index (χ1v) is 6.28. The van der Waals surface area contributed by atoms with Crippen LogP contribution in [0.15, 0.2) is 30.5 Å². The topological polar surface area (TPSA) is 64.3 Å². The van der Waals surface area contributed by atoms with Crippen molar-refractivity contribution in [2.45, 2.75) is 19.1 Å². The molecule has 0 amide bonds. The number of halogens is 3. The maximum absolute atomic E-state index is 12.5. The van der Waals surface area contributed by atoms with Gasteiger partial charge >= 0.3 is 12.1 Å². The van der Waals surface area contributed by atoms with Gasteiger partial charge in [-0.05, 0) is 17.7 Å². The maximum Gasteiger partial charge on any atom is 0.416 e. The Morgan fingerprint density at radius 2 is 1.95 bits per heavy atom. The quantitative estimate of drug-likeness (QED) is 0.921. The summed E-state index contributed by atoms with van der Waals surface area (Å²) in [6.07, 6.45) is -3.25. The van der Waals surface area contributed by atoms with Crippen LogP contribution in [0.4, 0.5) is 13.2 Å². The Morgan fingerprint density at radius 3 is 2.45 bits per heavy atom. The van der Waals surface area contributed by atoms with Crippen LogP contribution in [0.2, 0.25) is 0 Å². The average Bonchev–Trinajstić information content (AvgIpc) is 2.79. The number of aromatic nitrogens is 2. The van der Waals surface area contributed by atoms with Gasteiger partial charge in [-0.2, -0.15) is 18.3 Å². The molecule has 5 nitrogen and oxygen atoms in total. The van der Waals surface area contributed by atoms with Gasteiger partial charge in [0.15, 0.2) is 0 Å². The predicted molar refractivity (Wildman–Crippen MR) is 70.7 cm³/mol. The lowest BCUT2D eigenvalue weighted by atomic mass is 10.1. The summed E-state index contributed by atoms with van der Waals surface area (Å²) in [5.74, 6) is -0.741. The molecule has 0 radical (unpaired) electrons. The van der Waals surface area contributed by atoms with Crippen LogP contribution in [0.1, 0.15) is 16.7 Å². The fourth-order valence-corrected chi connectivity index (χ4v) is 2.02. The summed E-state index contributed by atoms with van der Waals surface area (Å²) < 4.78 is 44.0. The number of hydrogen-bond acceptors (Lipinski definition) is 3. The van der Waals surface area contributed by atoms with Crippen LogP contribution in [0.3, 0.4) is 0 Å². The van der Waals surface area contributed by atoms with Gasteiger partial charge in [0.1, 0.15) is 0 Å². The van der Waals surface area contributed by atoms with Crippen molar-refractivity contribution in [2.75, 3.05) is 7.11 Å². The molecule has 1 aromatic heterocycles. The molecule has 1 aromatic carbocycles. The third kappa shape index (κ3) is 3.57. The summed E-state index contributed by atoms with van der Waals surface area (Å²) in [6.45, 7) is 0.181. The number of rotatable bonds is 5. The van der Waals surface area contributed by atoms with E-state index in [4.69, 9.17) is 9.84 Å². The van der Waals surface area contributed by atoms with Gasteiger partial charge in [0.2, 0.25) is 5.88 Å². The van der Waals surface area contributed by atoms with Gasteiger partial charge in [-0.1, -0.05) is 12.1 Å². The zero-order valence-corrected chi connectivity index (χ0v) is 11.6. The Balaban J connectivity index is 2.20. The third-order valence-corrected chi connectivity index (χ3v) is 3.01. The number of methoxy groups -OCH3 is 1. The highest BCUT2D eigenvalue weighted by Gasteiger charge is 2.29. The Bertz CT molecular complexity index is 663. The van der Waals surface area contributed by atoms with Gasteiger partial charge in [-0.25, -0.2) is 4.68 Å². The van der Waals surface area contributed by atoms with E-state index in [-0.39, 0.29) is 18.8 Å². The molecule has 0 aliphatic carbocycles. The van der Waals surface area contributed by atoms with Crippen molar-refractivity contribution >= 4 is 5.97 Å². The van der Waals surface area contributed by atoms with Gasteiger partial charge in [0.25, 0.3) is 0 Å².